The van der Waals surface area contributed by atoms with Crippen molar-refractivity contribution in [3.05, 3.63) is 35.4 Å². The first-order chi connectivity index (χ1) is 8.50. The molecule has 18 heavy (non-hydrogen) atoms. The third kappa shape index (κ3) is 1.98. The number of aliphatic hydroxyl groups is 1. The van der Waals surface area contributed by atoms with Gasteiger partial charge in [-0.1, -0.05) is 38.1 Å². The molecule has 3 rings (SSSR count). The van der Waals surface area contributed by atoms with Crippen LogP contribution in [0.5, 0.6) is 0 Å². The monoisotopic (exact) mass is 245 g/mol. The Labute approximate surface area is 109 Å². The van der Waals surface area contributed by atoms with Crippen molar-refractivity contribution < 1.29 is 5.11 Å². The summed E-state index contributed by atoms with van der Waals surface area (Å²) in [7, 11) is 0. The number of hydrogen-bond donors (Lipinski definition) is 2. The molecule has 0 spiro atoms. The van der Waals surface area contributed by atoms with Gasteiger partial charge in [0.1, 0.15) is 0 Å². The first-order valence-electron chi connectivity index (χ1n) is 7.04. The molecule has 98 valence electrons. The van der Waals surface area contributed by atoms with Crippen molar-refractivity contribution >= 4 is 0 Å². The molecular weight excluding hydrogens is 222 g/mol. The number of nitrogens with one attached hydrogen (secondary N) is 1. The van der Waals surface area contributed by atoms with Gasteiger partial charge in [-0.2, -0.15) is 0 Å². The van der Waals surface area contributed by atoms with Crippen LogP contribution < -0.4 is 5.32 Å². The largest absolute Gasteiger partial charge is 0.388 e. The Hall–Kier alpha value is -0.860. The average Bonchev–Trinajstić information content (AvgIpc) is 2.71. The summed E-state index contributed by atoms with van der Waals surface area (Å²) in [5.41, 5.74) is 2.33. The predicted molar refractivity (Wildman–Crippen MR) is 73.2 cm³/mol. The second kappa shape index (κ2) is 4.07. The zero-order valence-electron chi connectivity index (χ0n) is 11.4. The molecule has 2 aliphatic rings. The number of rotatable bonds is 1. The summed E-state index contributed by atoms with van der Waals surface area (Å²) in [5.74, 6) is 0. The molecule has 2 heteroatoms. The molecule has 1 fully saturated rings. The van der Waals surface area contributed by atoms with Gasteiger partial charge in [-0.3, -0.25) is 0 Å². The van der Waals surface area contributed by atoms with Crippen LogP contribution in [0.3, 0.4) is 0 Å². The van der Waals surface area contributed by atoms with Crippen LogP contribution >= 0.6 is 0 Å². The molecule has 1 aliphatic heterocycles. The summed E-state index contributed by atoms with van der Waals surface area (Å²) in [6.45, 7) is 5.44. The second-order valence-corrected chi connectivity index (χ2v) is 6.81. The molecule has 2 nitrogen and oxygen atoms in total. The Morgan fingerprint density at radius 2 is 2.00 bits per heavy atom. The molecule has 0 bridgehead atoms. The maximum Gasteiger partial charge on any atom is 0.0846 e. The van der Waals surface area contributed by atoms with Gasteiger partial charge in [-0.15, -0.1) is 0 Å². The van der Waals surface area contributed by atoms with E-state index < -0.39 is 5.60 Å². The third-order valence-electron chi connectivity index (χ3n) is 4.65. The van der Waals surface area contributed by atoms with E-state index in [4.69, 9.17) is 0 Å². The lowest BCUT2D eigenvalue weighted by Crippen LogP contribution is -2.47. The average molecular weight is 245 g/mol. The van der Waals surface area contributed by atoms with Crippen LogP contribution in [0.15, 0.2) is 24.3 Å². The maximum atomic E-state index is 11.1. The van der Waals surface area contributed by atoms with Gasteiger partial charge in [0.2, 0.25) is 0 Å². The highest BCUT2D eigenvalue weighted by Crippen LogP contribution is 2.48. The minimum atomic E-state index is -0.575. The Balaban J connectivity index is 1.92. The fraction of sp³-hybridized carbons (Fsp3) is 0.625. The van der Waals surface area contributed by atoms with Gasteiger partial charge in [0.25, 0.3) is 0 Å². The summed E-state index contributed by atoms with van der Waals surface area (Å²) < 4.78 is 0. The molecule has 1 aromatic rings. The standard InChI is InChI=1S/C16H23NO/c1-15(2)8-5-9-16(18,11-15)14-13-7-4-3-6-12(13)10-17-14/h3-4,6-7,14,17-18H,5,8-11H2,1-2H3. The molecule has 2 N–H and O–H groups in total. The Bertz CT molecular complexity index is 454. The Kier molecular flexibility index (Phi) is 2.76. The zero-order valence-corrected chi connectivity index (χ0v) is 11.4. The Morgan fingerprint density at radius 1 is 1.22 bits per heavy atom. The lowest BCUT2D eigenvalue weighted by molar-refractivity contribution is -0.0656. The minimum absolute atomic E-state index is 0.119. The van der Waals surface area contributed by atoms with Crippen LogP contribution in [-0.2, 0) is 6.54 Å². The second-order valence-electron chi connectivity index (χ2n) is 6.81. The van der Waals surface area contributed by atoms with E-state index in [1.54, 1.807) is 0 Å². The van der Waals surface area contributed by atoms with Crippen LogP contribution in [0.25, 0.3) is 0 Å². The molecule has 1 aromatic carbocycles. The van der Waals surface area contributed by atoms with Gasteiger partial charge < -0.3 is 10.4 Å². The van der Waals surface area contributed by atoms with E-state index in [0.717, 1.165) is 25.8 Å². The lowest BCUT2D eigenvalue weighted by Gasteiger charge is -2.45. The summed E-state index contributed by atoms with van der Waals surface area (Å²) >= 11 is 0. The smallest absolute Gasteiger partial charge is 0.0846 e. The van der Waals surface area contributed by atoms with Crippen molar-refractivity contribution in [2.45, 2.75) is 57.7 Å². The van der Waals surface area contributed by atoms with Crippen molar-refractivity contribution in [3.8, 4) is 0 Å². The summed E-state index contributed by atoms with van der Waals surface area (Å²) in [5, 5.41) is 14.6. The van der Waals surface area contributed by atoms with Crippen molar-refractivity contribution in [3.63, 3.8) is 0 Å². The molecule has 1 heterocycles. The van der Waals surface area contributed by atoms with E-state index in [1.807, 2.05) is 0 Å². The molecule has 0 radical (unpaired) electrons. The fourth-order valence-electron chi connectivity index (χ4n) is 3.90. The first kappa shape index (κ1) is 12.2. The van der Waals surface area contributed by atoms with Crippen LogP contribution in [0.1, 0.15) is 56.7 Å². The molecule has 1 aliphatic carbocycles. The highest BCUT2D eigenvalue weighted by molar-refractivity contribution is 5.36. The molecule has 2 unspecified atom stereocenters. The van der Waals surface area contributed by atoms with E-state index in [1.165, 1.54) is 17.5 Å². The quantitative estimate of drug-likeness (QED) is 0.796. The first-order valence-corrected chi connectivity index (χ1v) is 7.04. The highest BCUT2D eigenvalue weighted by atomic mass is 16.3. The van der Waals surface area contributed by atoms with Crippen molar-refractivity contribution in [2.75, 3.05) is 0 Å². The van der Waals surface area contributed by atoms with Gasteiger partial charge in [-0.25, -0.2) is 0 Å². The van der Waals surface area contributed by atoms with E-state index in [-0.39, 0.29) is 11.5 Å². The van der Waals surface area contributed by atoms with Crippen molar-refractivity contribution in [1.29, 1.82) is 0 Å². The van der Waals surface area contributed by atoms with Crippen LogP contribution in [0.2, 0.25) is 0 Å². The van der Waals surface area contributed by atoms with Crippen LogP contribution in [-0.4, -0.2) is 10.7 Å². The van der Waals surface area contributed by atoms with E-state index in [2.05, 4.69) is 43.4 Å². The van der Waals surface area contributed by atoms with Crippen molar-refractivity contribution in [2.24, 2.45) is 5.41 Å². The predicted octanol–water partition coefficient (Wildman–Crippen LogP) is 3.16. The van der Waals surface area contributed by atoms with Crippen LogP contribution in [0, 0.1) is 5.41 Å². The number of hydrogen-bond acceptors (Lipinski definition) is 2. The third-order valence-corrected chi connectivity index (χ3v) is 4.65. The minimum Gasteiger partial charge on any atom is -0.388 e. The van der Waals surface area contributed by atoms with E-state index >= 15 is 0 Å². The summed E-state index contributed by atoms with van der Waals surface area (Å²) in [6.07, 6.45) is 4.17. The van der Waals surface area contributed by atoms with Gasteiger partial charge in [0.05, 0.1) is 11.6 Å². The molecule has 0 amide bonds. The van der Waals surface area contributed by atoms with Gasteiger partial charge in [0.15, 0.2) is 0 Å². The SMILES string of the molecule is CC1(C)CCCC(O)(C2NCc3ccccc32)C1. The number of fused-ring (bicyclic) bond motifs is 1. The normalized spacial score (nSPS) is 34.3. The van der Waals surface area contributed by atoms with E-state index in [0.29, 0.717) is 0 Å². The summed E-state index contributed by atoms with van der Waals surface area (Å²) in [6, 6.07) is 8.61. The number of benzene rings is 1. The Morgan fingerprint density at radius 3 is 2.78 bits per heavy atom. The molecular formula is C16H23NO. The fourth-order valence-corrected chi connectivity index (χ4v) is 3.90. The molecule has 0 saturated heterocycles. The topological polar surface area (TPSA) is 32.3 Å². The zero-order chi connectivity index (χ0) is 12.8. The van der Waals surface area contributed by atoms with Crippen molar-refractivity contribution in [1.82, 2.24) is 5.32 Å². The van der Waals surface area contributed by atoms with Crippen LogP contribution in [0.4, 0.5) is 0 Å². The van der Waals surface area contributed by atoms with E-state index in [9.17, 15) is 5.11 Å². The highest BCUT2D eigenvalue weighted by Gasteiger charge is 2.46. The maximum absolute atomic E-state index is 11.1. The molecule has 1 saturated carbocycles. The molecule has 2 atom stereocenters. The summed E-state index contributed by atoms with van der Waals surface area (Å²) in [4.78, 5) is 0. The van der Waals surface area contributed by atoms with Gasteiger partial charge >= 0.3 is 0 Å². The molecule has 0 aromatic heterocycles. The van der Waals surface area contributed by atoms with Gasteiger partial charge in [-0.05, 0) is 42.2 Å². The van der Waals surface area contributed by atoms with Gasteiger partial charge in [0, 0.05) is 6.54 Å². The lowest BCUT2D eigenvalue weighted by atomic mass is 9.66.